The van der Waals surface area contributed by atoms with Gasteiger partial charge in [-0.25, -0.2) is 9.18 Å². The molecule has 0 saturated carbocycles. The molecule has 0 bridgehead atoms. The van der Waals surface area contributed by atoms with Crippen molar-refractivity contribution in [3.05, 3.63) is 70.5 Å². The number of methoxy groups -OCH3 is 1. The summed E-state index contributed by atoms with van der Waals surface area (Å²) in [5.41, 5.74) is 3.64. The highest BCUT2D eigenvalue weighted by molar-refractivity contribution is 6.07. The van der Waals surface area contributed by atoms with E-state index in [0.29, 0.717) is 13.0 Å². The molecule has 7 heteroatoms. The summed E-state index contributed by atoms with van der Waals surface area (Å²) in [5.74, 6) is -0.523. The molecule has 2 aromatic carbocycles. The molecule has 0 aromatic heterocycles. The zero-order valence-corrected chi connectivity index (χ0v) is 20.3. The van der Waals surface area contributed by atoms with Crippen molar-refractivity contribution < 1.29 is 18.7 Å². The lowest BCUT2D eigenvalue weighted by Crippen LogP contribution is -2.57. The molecule has 1 atom stereocenters. The van der Waals surface area contributed by atoms with Gasteiger partial charge in [-0.1, -0.05) is 41.5 Å². The lowest BCUT2D eigenvalue weighted by atomic mass is 9.74. The largest absolute Gasteiger partial charge is 0.383 e. The average Bonchev–Trinajstić information content (AvgIpc) is 3.03. The lowest BCUT2D eigenvalue weighted by molar-refractivity contribution is -0.134. The molecule has 0 aliphatic carbocycles. The van der Waals surface area contributed by atoms with Gasteiger partial charge in [0.1, 0.15) is 11.4 Å². The fourth-order valence-electron chi connectivity index (χ4n) is 5.50. The van der Waals surface area contributed by atoms with E-state index < -0.39 is 5.54 Å². The van der Waals surface area contributed by atoms with Crippen LogP contribution < -0.4 is 5.32 Å². The van der Waals surface area contributed by atoms with E-state index in [9.17, 15) is 14.0 Å². The molecule has 1 N–H and O–H groups in total. The first-order valence-corrected chi connectivity index (χ1v) is 12.0. The summed E-state index contributed by atoms with van der Waals surface area (Å²) >= 11 is 0. The van der Waals surface area contributed by atoms with Gasteiger partial charge in [-0.15, -0.1) is 0 Å². The highest BCUT2D eigenvalue weighted by Gasteiger charge is 2.55. The number of hydrogen-bond donors (Lipinski definition) is 1. The molecular formula is C27H34FN3O3. The third-order valence-electron chi connectivity index (χ3n) is 7.09. The topological polar surface area (TPSA) is 61.9 Å². The van der Waals surface area contributed by atoms with E-state index in [2.05, 4.69) is 42.3 Å². The van der Waals surface area contributed by atoms with E-state index in [1.807, 2.05) is 0 Å². The number of aryl methyl sites for hydroxylation is 2. The van der Waals surface area contributed by atoms with Crippen molar-refractivity contribution in [1.29, 1.82) is 0 Å². The average molecular weight is 468 g/mol. The second-order valence-electron chi connectivity index (χ2n) is 9.70. The first-order chi connectivity index (χ1) is 16.3. The van der Waals surface area contributed by atoms with Gasteiger partial charge in [0.25, 0.3) is 5.91 Å². The maximum atomic E-state index is 13.7. The van der Waals surface area contributed by atoms with Gasteiger partial charge in [-0.3, -0.25) is 14.6 Å². The van der Waals surface area contributed by atoms with Gasteiger partial charge in [0.15, 0.2) is 0 Å². The number of carbonyl (C=O) groups excluding carboxylic acids is 2. The predicted molar refractivity (Wildman–Crippen MR) is 129 cm³/mol. The quantitative estimate of drug-likeness (QED) is 0.600. The fraction of sp³-hybridized carbons (Fsp3) is 0.481. The van der Waals surface area contributed by atoms with Gasteiger partial charge in [0.05, 0.1) is 13.2 Å². The molecule has 4 rings (SSSR count). The van der Waals surface area contributed by atoms with Crippen molar-refractivity contribution in [1.82, 2.24) is 15.1 Å². The minimum atomic E-state index is -1.02. The van der Waals surface area contributed by atoms with Crippen LogP contribution in [0.3, 0.4) is 0 Å². The van der Waals surface area contributed by atoms with Crippen LogP contribution in [0.1, 0.15) is 35.1 Å². The van der Waals surface area contributed by atoms with Gasteiger partial charge >= 0.3 is 6.03 Å². The molecule has 2 heterocycles. The van der Waals surface area contributed by atoms with E-state index in [0.717, 1.165) is 38.0 Å². The van der Waals surface area contributed by atoms with Crippen molar-refractivity contribution in [3.8, 4) is 0 Å². The Balaban J connectivity index is 1.52. The molecule has 2 fully saturated rings. The first-order valence-electron chi connectivity index (χ1n) is 12.0. The van der Waals surface area contributed by atoms with Crippen LogP contribution in [0.25, 0.3) is 0 Å². The highest BCUT2D eigenvalue weighted by Crippen LogP contribution is 2.37. The van der Waals surface area contributed by atoms with Crippen LogP contribution in [0.4, 0.5) is 9.18 Å². The van der Waals surface area contributed by atoms with Crippen molar-refractivity contribution >= 4 is 11.9 Å². The minimum absolute atomic E-state index is 0.00274. The Kier molecular flexibility index (Phi) is 7.33. The Morgan fingerprint density at radius 1 is 1.03 bits per heavy atom. The molecule has 0 spiro atoms. The van der Waals surface area contributed by atoms with Crippen molar-refractivity contribution in [3.63, 3.8) is 0 Å². The van der Waals surface area contributed by atoms with E-state index in [1.165, 1.54) is 33.7 Å². The molecule has 2 aromatic rings. The molecule has 182 valence electrons. The smallest absolute Gasteiger partial charge is 0.325 e. The molecule has 2 aliphatic rings. The number of ether oxygens (including phenoxy) is 1. The van der Waals surface area contributed by atoms with Crippen molar-refractivity contribution in [2.24, 2.45) is 5.92 Å². The summed E-state index contributed by atoms with van der Waals surface area (Å²) in [4.78, 5) is 30.2. The molecule has 1 unspecified atom stereocenters. The molecule has 2 saturated heterocycles. The number of piperidine rings is 1. The van der Waals surface area contributed by atoms with Crippen molar-refractivity contribution in [2.75, 3.05) is 33.4 Å². The maximum Gasteiger partial charge on any atom is 0.325 e. The number of nitrogens with one attached hydrogen (secondary N) is 1. The van der Waals surface area contributed by atoms with Crippen LogP contribution in [0.5, 0.6) is 0 Å². The second kappa shape index (κ2) is 10.2. The van der Waals surface area contributed by atoms with Crippen LogP contribution >= 0.6 is 0 Å². The normalized spacial score (nSPS) is 21.8. The number of halogens is 1. The molecule has 34 heavy (non-hydrogen) atoms. The van der Waals surface area contributed by atoms with Crippen LogP contribution in [-0.4, -0.2) is 60.6 Å². The summed E-state index contributed by atoms with van der Waals surface area (Å²) in [5, 5.41) is 3.06. The van der Waals surface area contributed by atoms with Crippen molar-refractivity contribution in [2.45, 2.75) is 45.2 Å². The summed E-state index contributed by atoms with van der Waals surface area (Å²) in [7, 11) is 1.55. The Morgan fingerprint density at radius 2 is 1.68 bits per heavy atom. The SMILES string of the molecule is COCCN1C(=O)NC(Cc2ccc(F)cc2)(C2CCN(Cc3cc(C)cc(C)c3)CC2)C1=O. The number of benzene rings is 2. The second-order valence-corrected chi connectivity index (χ2v) is 9.70. The highest BCUT2D eigenvalue weighted by atomic mass is 19.1. The zero-order chi connectivity index (χ0) is 24.3. The first kappa shape index (κ1) is 24.4. The van der Waals surface area contributed by atoms with Crippen LogP contribution in [0.15, 0.2) is 42.5 Å². The van der Waals surface area contributed by atoms with E-state index in [1.54, 1.807) is 19.2 Å². The third-order valence-corrected chi connectivity index (χ3v) is 7.09. The number of carbonyl (C=O) groups is 2. The predicted octanol–water partition coefficient (Wildman–Crippen LogP) is 3.83. The Morgan fingerprint density at radius 3 is 2.29 bits per heavy atom. The zero-order valence-electron chi connectivity index (χ0n) is 20.3. The lowest BCUT2D eigenvalue weighted by Gasteiger charge is -2.41. The molecule has 3 amide bonds. The van der Waals surface area contributed by atoms with E-state index in [4.69, 9.17) is 4.74 Å². The Labute approximate surface area is 201 Å². The summed E-state index contributed by atoms with van der Waals surface area (Å²) < 4.78 is 18.6. The third kappa shape index (κ3) is 5.15. The Hall–Kier alpha value is -2.77. The van der Waals surface area contributed by atoms with Gasteiger partial charge in [-0.05, 0) is 69.0 Å². The number of likely N-dealkylation sites (tertiary alicyclic amines) is 1. The van der Waals surface area contributed by atoms with E-state index in [-0.39, 0.29) is 30.2 Å². The van der Waals surface area contributed by atoms with Gasteiger partial charge in [0, 0.05) is 20.1 Å². The summed E-state index contributed by atoms with van der Waals surface area (Å²) in [6.07, 6.45) is 1.95. The number of amides is 3. The standard InChI is InChI=1S/C27H34FN3O3/c1-19-14-20(2)16-22(15-19)18-30-10-8-23(9-11-30)27(17-21-4-6-24(28)7-5-21)25(32)31(12-13-34-3)26(33)29-27/h4-7,14-16,23H,8-13,17-18H2,1-3H3,(H,29,33). The molecule has 6 nitrogen and oxygen atoms in total. The summed E-state index contributed by atoms with van der Waals surface area (Å²) in [6.45, 7) is 7.32. The molecule has 2 aliphatic heterocycles. The van der Waals surface area contributed by atoms with Gasteiger partial charge in [-0.2, -0.15) is 0 Å². The summed E-state index contributed by atoms with van der Waals surface area (Å²) in [6, 6.07) is 12.5. The van der Waals surface area contributed by atoms with Crippen LogP contribution in [-0.2, 0) is 22.5 Å². The number of nitrogens with zero attached hydrogens (tertiary/aromatic N) is 2. The van der Waals surface area contributed by atoms with Crippen LogP contribution in [0, 0.1) is 25.6 Å². The number of imide groups is 1. The molecule has 0 radical (unpaired) electrons. The van der Waals surface area contributed by atoms with E-state index >= 15 is 0 Å². The van der Waals surface area contributed by atoms with Gasteiger partial charge < -0.3 is 10.1 Å². The fourth-order valence-corrected chi connectivity index (χ4v) is 5.50. The van der Waals surface area contributed by atoms with Gasteiger partial charge in [0.2, 0.25) is 0 Å². The number of urea groups is 1. The minimum Gasteiger partial charge on any atom is -0.383 e. The Bertz CT molecular complexity index is 1010. The monoisotopic (exact) mass is 467 g/mol. The van der Waals surface area contributed by atoms with Crippen LogP contribution in [0.2, 0.25) is 0 Å². The number of hydrogen-bond acceptors (Lipinski definition) is 4. The number of rotatable bonds is 8. The maximum absolute atomic E-state index is 13.7. The molecular weight excluding hydrogens is 433 g/mol.